The van der Waals surface area contributed by atoms with E-state index in [1.165, 1.54) is 16.7 Å². The maximum Gasteiger partial charge on any atom is 0.301 e. The van der Waals surface area contributed by atoms with Gasteiger partial charge in [-0.05, 0) is 12.8 Å². The van der Waals surface area contributed by atoms with Crippen molar-refractivity contribution in [2.24, 2.45) is 0 Å². The van der Waals surface area contributed by atoms with Gasteiger partial charge >= 0.3 is 10.2 Å². The van der Waals surface area contributed by atoms with E-state index in [2.05, 4.69) is 14.9 Å². The van der Waals surface area contributed by atoms with Crippen molar-refractivity contribution >= 4 is 15.9 Å². The lowest BCUT2D eigenvalue weighted by atomic mass is 10.4. The molecule has 0 aliphatic carbocycles. The fourth-order valence-electron chi connectivity index (χ4n) is 1.45. The summed E-state index contributed by atoms with van der Waals surface area (Å²) < 4.78 is 27.2. The molecule has 1 aliphatic heterocycles. The van der Waals surface area contributed by atoms with Crippen molar-refractivity contribution < 1.29 is 8.42 Å². The molecule has 1 aliphatic rings. The Morgan fingerprint density at radius 1 is 1.43 bits per heavy atom. The molecule has 2 N–H and O–H groups in total. The number of aromatic amines is 1. The minimum Gasteiger partial charge on any atom is -0.284 e. The topological polar surface area (TPSA) is 78.1 Å². The molecule has 0 bridgehead atoms. The summed E-state index contributed by atoms with van der Waals surface area (Å²) in [7, 11) is -3.36. The molecule has 1 aromatic heterocycles. The van der Waals surface area contributed by atoms with E-state index in [9.17, 15) is 8.42 Å². The zero-order valence-corrected chi connectivity index (χ0v) is 8.42. The smallest absolute Gasteiger partial charge is 0.284 e. The van der Waals surface area contributed by atoms with Crippen LogP contribution in [0, 0.1) is 0 Å². The molecule has 0 amide bonds. The van der Waals surface area contributed by atoms with Crippen LogP contribution in [-0.4, -0.2) is 36.0 Å². The highest BCUT2D eigenvalue weighted by atomic mass is 32.2. The highest BCUT2D eigenvalue weighted by Crippen LogP contribution is 2.15. The highest BCUT2D eigenvalue weighted by Gasteiger charge is 2.25. The van der Waals surface area contributed by atoms with Gasteiger partial charge in [0, 0.05) is 19.3 Å². The number of hydrogen-bond donors (Lipinski definition) is 2. The lowest BCUT2D eigenvalue weighted by Crippen LogP contribution is -2.33. The molecule has 7 heteroatoms. The first kappa shape index (κ1) is 9.47. The van der Waals surface area contributed by atoms with Crippen LogP contribution >= 0.6 is 0 Å². The van der Waals surface area contributed by atoms with E-state index in [4.69, 9.17) is 0 Å². The fourth-order valence-corrected chi connectivity index (χ4v) is 2.73. The normalized spacial score (nSPS) is 18.6. The Kier molecular flexibility index (Phi) is 2.42. The second-order valence-corrected chi connectivity index (χ2v) is 4.87. The Labute approximate surface area is 82.5 Å². The average Bonchev–Trinajstić information content (AvgIpc) is 2.71. The van der Waals surface area contributed by atoms with Gasteiger partial charge in [-0.1, -0.05) is 0 Å². The second-order valence-electron chi connectivity index (χ2n) is 3.20. The zero-order valence-electron chi connectivity index (χ0n) is 7.60. The van der Waals surface area contributed by atoms with Crippen LogP contribution in [0.2, 0.25) is 0 Å². The number of anilines is 1. The molecule has 0 atom stereocenters. The zero-order chi connectivity index (χ0) is 10.0. The van der Waals surface area contributed by atoms with Crippen molar-refractivity contribution in [3.8, 4) is 0 Å². The van der Waals surface area contributed by atoms with E-state index in [0.717, 1.165) is 12.8 Å². The Hall–Kier alpha value is -1.08. The predicted molar refractivity (Wildman–Crippen MR) is 51.9 cm³/mol. The van der Waals surface area contributed by atoms with Gasteiger partial charge in [0.05, 0.1) is 11.9 Å². The van der Waals surface area contributed by atoms with Crippen molar-refractivity contribution in [2.45, 2.75) is 12.8 Å². The molecule has 0 unspecified atom stereocenters. The van der Waals surface area contributed by atoms with Gasteiger partial charge in [-0.15, -0.1) is 0 Å². The first-order chi connectivity index (χ1) is 6.68. The van der Waals surface area contributed by atoms with Crippen molar-refractivity contribution in [2.75, 3.05) is 17.8 Å². The molecule has 1 saturated heterocycles. The number of H-pyrrole nitrogens is 1. The molecule has 1 fully saturated rings. The third-order valence-corrected chi connectivity index (χ3v) is 3.69. The summed E-state index contributed by atoms with van der Waals surface area (Å²) in [5.74, 6) is 0. The molecule has 0 aromatic carbocycles. The largest absolute Gasteiger partial charge is 0.301 e. The van der Waals surface area contributed by atoms with Crippen LogP contribution in [0.5, 0.6) is 0 Å². The van der Waals surface area contributed by atoms with Crippen molar-refractivity contribution in [3.63, 3.8) is 0 Å². The summed E-state index contributed by atoms with van der Waals surface area (Å²) in [5, 5.41) is 6.21. The van der Waals surface area contributed by atoms with Gasteiger partial charge in [0.15, 0.2) is 0 Å². The number of nitrogens with one attached hydrogen (secondary N) is 2. The molecule has 2 heterocycles. The van der Waals surface area contributed by atoms with Crippen LogP contribution in [0.3, 0.4) is 0 Å². The molecule has 0 saturated carbocycles. The molecule has 0 spiro atoms. The predicted octanol–water partition coefficient (Wildman–Crippen LogP) is 0.162. The number of nitrogens with zero attached hydrogens (tertiary/aromatic N) is 2. The highest BCUT2D eigenvalue weighted by molar-refractivity contribution is 7.90. The fraction of sp³-hybridized carbons (Fsp3) is 0.571. The van der Waals surface area contributed by atoms with Crippen LogP contribution in [0.4, 0.5) is 5.69 Å². The van der Waals surface area contributed by atoms with Gasteiger partial charge in [0.2, 0.25) is 0 Å². The monoisotopic (exact) mass is 216 g/mol. The second kappa shape index (κ2) is 3.58. The van der Waals surface area contributed by atoms with Gasteiger partial charge in [-0.3, -0.25) is 9.82 Å². The number of hydrogen-bond acceptors (Lipinski definition) is 3. The minimum atomic E-state index is -3.36. The Balaban J connectivity index is 2.09. The van der Waals surface area contributed by atoms with Crippen LogP contribution < -0.4 is 4.72 Å². The summed E-state index contributed by atoms with van der Waals surface area (Å²) in [5.41, 5.74) is 0.469. The first-order valence-electron chi connectivity index (χ1n) is 4.45. The number of rotatable bonds is 3. The van der Waals surface area contributed by atoms with Crippen LogP contribution in [0.1, 0.15) is 12.8 Å². The van der Waals surface area contributed by atoms with E-state index in [-0.39, 0.29) is 0 Å². The molecular formula is C7H12N4O2S. The van der Waals surface area contributed by atoms with E-state index in [1.54, 1.807) is 0 Å². The lowest BCUT2D eigenvalue weighted by molar-refractivity contribution is 0.482. The quantitative estimate of drug-likeness (QED) is 0.755. The molecule has 78 valence electrons. The lowest BCUT2D eigenvalue weighted by Gasteiger charge is -2.15. The summed E-state index contributed by atoms with van der Waals surface area (Å²) in [6, 6.07) is 0. The maximum atomic E-state index is 11.7. The van der Waals surface area contributed by atoms with Crippen molar-refractivity contribution in [1.82, 2.24) is 14.5 Å². The standard InChI is InChI=1S/C7H12N4O2S/c12-14(13,11-3-1-2-4-11)10-7-5-8-9-6-7/h5-6,10H,1-4H2,(H,8,9). The summed E-state index contributed by atoms with van der Waals surface area (Å²) in [6.07, 6.45) is 4.82. The number of aromatic nitrogens is 2. The molecule has 2 rings (SSSR count). The van der Waals surface area contributed by atoms with Gasteiger partial charge in [-0.25, -0.2) is 0 Å². The molecule has 0 radical (unpaired) electrons. The average molecular weight is 216 g/mol. The van der Waals surface area contributed by atoms with Crippen LogP contribution in [0.25, 0.3) is 0 Å². The Bertz CT molecular complexity index is 380. The van der Waals surface area contributed by atoms with E-state index >= 15 is 0 Å². The minimum absolute atomic E-state index is 0.469. The summed E-state index contributed by atoms with van der Waals surface area (Å²) >= 11 is 0. The Morgan fingerprint density at radius 3 is 2.71 bits per heavy atom. The SMILES string of the molecule is O=S(=O)(Nc1cn[nH]c1)N1CCCC1. The molecule has 14 heavy (non-hydrogen) atoms. The molecule has 6 nitrogen and oxygen atoms in total. The van der Waals surface area contributed by atoms with Crippen molar-refractivity contribution in [3.05, 3.63) is 12.4 Å². The van der Waals surface area contributed by atoms with E-state index in [1.807, 2.05) is 0 Å². The van der Waals surface area contributed by atoms with Gasteiger partial charge in [0.25, 0.3) is 0 Å². The Morgan fingerprint density at radius 2 is 2.14 bits per heavy atom. The molecular weight excluding hydrogens is 204 g/mol. The third-order valence-electron chi connectivity index (χ3n) is 2.15. The van der Waals surface area contributed by atoms with Crippen LogP contribution in [0.15, 0.2) is 12.4 Å². The van der Waals surface area contributed by atoms with Gasteiger partial charge in [-0.2, -0.15) is 17.8 Å². The summed E-state index contributed by atoms with van der Waals surface area (Å²) in [4.78, 5) is 0. The van der Waals surface area contributed by atoms with Crippen LogP contribution in [-0.2, 0) is 10.2 Å². The van der Waals surface area contributed by atoms with E-state index in [0.29, 0.717) is 18.8 Å². The maximum absolute atomic E-state index is 11.7. The molecule has 1 aromatic rings. The van der Waals surface area contributed by atoms with Crippen molar-refractivity contribution in [1.29, 1.82) is 0 Å². The van der Waals surface area contributed by atoms with E-state index < -0.39 is 10.2 Å². The third kappa shape index (κ3) is 1.88. The first-order valence-corrected chi connectivity index (χ1v) is 5.89. The van der Waals surface area contributed by atoms with Gasteiger partial charge < -0.3 is 0 Å². The summed E-state index contributed by atoms with van der Waals surface area (Å²) in [6.45, 7) is 1.21. The van der Waals surface area contributed by atoms with Gasteiger partial charge in [0.1, 0.15) is 0 Å².